The maximum atomic E-state index is 10.0. The molecule has 1 aromatic heterocycles. The van der Waals surface area contributed by atoms with Gasteiger partial charge in [-0.25, -0.2) is 0 Å². The van der Waals surface area contributed by atoms with Gasteiger partial charge in [0.25, 0.3) is 0 Å². The van der Waals surface area contributed by atoms with E-state index in [0.29, 0.717) is 6.54 Å². The molecule has 0 bridgehead atoms. The summed E-state index contributed by atoms with van der Waals surface area (Å²) in [6.45, 7) is 6.59. The topological polar surface area (TPSA) is 38.0 Å². The van der Waals surface area contributed by atoms with Gasteiger partial charge in [0.05, 0.1) is 18.3 Å². The third-order valence-corrected chi connectivity index (χ3v) is 2.53. The molecule has 0 unspecified atom stereocenters. The molecule has 0 radical (unpaired) electrons. The van der Waals surface area contributed by atoms with Crippen molar-refractivity contribution in [3.63, 3.8) is 0 Å². The van der Waals surface area contributed by atoms with E-state index in [1.165, 1.54) is 0 Å². The molecule has 0 saturated heterocycles. The summed E-state index contributed by atoms with van der Waals surface area (Å²) in [5.74, 6) is 0. The quantitative estimate of drug-likeness (QED) is 0.770. The zero-order valence-electron chi connectivity index (χ0n) is 8.62. The molecule has 0 amide bonds. The van der Waals surface area contributed by atoms with E-state index in [0.717, 1.165) is 18.4 Å². The monoisotopic (exact) mass is 182 g/mol. The van der Waals surface area contributed by atoms with E-state index in [2.05, 4.69) is 5.10 Å². The van der Waals surface area contributed by atoms with Gasteiger partial charge in [0.15, 0.2) is 0 Å². The Morgan fingerprint density at radius 1 is 1.46 bits per heavy atom. The van der Waals surface area contributed by atoms with Crippen LogP contribution in [-0.4, -0.2) is 20.5 Å². The van der Waals surface area contributed by atoms with Gasteiger partial charge < -0.3 is 5.11 Å². The lowest BCUT2D eigenvalue weighted by atomic mass is 9.98. The summed E-state index contributed by atoms with van der Waals surface area (Å²) in [5.41, 5.74) is 0.535. The number of hydrogen-bond donors (Lipinski definition) is 1. The SMILES string of the molecule is CCC(O)(CC)Cn1cc(C)cn1. The van der Waals surface area contributed by atoms with Gasteiger partial charge in [-0.05, 0) is 25.3 Å². The smallest absolute Gasteiger partial charge is 0.0837 e. The van der Waals surface area contributed by atoms with Gasteiger partial charge in [-0.1, -0.05) is 13.8 Å². The van der Waals surface area contributed by atoms with Crippen molar-refractivity contribution in [3.8, 4) is 0 Å². The van der Waals surface area contributed by atoms with Crippen LogP contribution in [0, 0.1) is 6.92 Å². The van der Waals surface area contributed by atoms with E-state index in [9.17, 15) is 5.11 Å². The molecule has 74 valence electrons. The van der Waals surface area contributed by atoms with Gasteiger partial charge in [-0.15, -0.1) is 0 Å². The predicted octanol–water partition coefficient (Wildman–Crippen LogP) is 1.74. The second-order valence-corrected chi connectivity index (χ2v) is 3.65. The first-order valence-corrected chi connectivity index (χ1v) is 4.81. The molecule has 0 aliphatic heterocycles. The van der Waals surface area contributed by atoms with Gasteiger partial charge in [0.1, 0.15) is 0 Å². The van der Waals surface area contributed by atoms with Crippen molar-refractivity contribution in [1.82, 2.24) is 9.78 Å². The highest BCUT2D eigenvalue weighted by Crippen LogP contribution is 2.16. The van der Waals surface area contributed by atoms with Crippen molar-refractivity contribution < 1.29 is 5.11 Å². The number of nitrogens with zero attached hydrogens (tertiary/aromatic N) is 2. The van der Waals surface area contributed by atoms with Crippen LogP contribution < -0.4 is 0 Å². The fraction of sp³-hybridized carbons (Fsp3) is 0.700. The van der Waals surface area contributed by atoms with Crippen LogP contribution in [0.5, 0.6) is 0 Å². The highest BCUT2D eigenvalue weighted by atomic mass is 16.3. The van der Waals surface area contributed by atoms with Crippen molar-refractivity contribution in [3.05, 3.63) is 18.0 Å². The molecule has 0 aliphatic rings. The van der Waals surface area contributed by atoms with E-state index in [-0.39, 0.29) is 0 Å². The van der Waals surface area contributed by atoms with E-state index in [1.54, 1.807) is 0 Å². The first-order chi connectivity index (χ1) is 6.09. The fourth-order valence-corrected chi connectivity index (χ4v) is 1.33. The lowest BCUT2D eigenvalue weighted by Crippen LogP contribution is -2.32. The summed E-state index contributed by atoms with van der Waals surface area (Å²) in [6, 6.07) is 0. The van der Waals surface area contributed by atoms with Crippen LogP contribution in [0.2, 0.25) is 0 Å². The number of aryl methyl sites for hydroxylation is 1. The number of rotatable bonds is 4. The molecule has 1 N–H and O–H groups in total. The summed E-state index contributed by atoms with van der Waals surface area (Å²) in [6.07, 6.45) is 5.30. The van der Waals surface area contributed by atoms with Gasteiger partial charge in [0, 0.05) is 6.20 Å². The Balaban J connectivity index is 2.67. The average molecular weight is 182 g/mol. The van der Waals surface area contributed by atoms with Crippen LogP contribution in [-0.2, 0) is 6.54 Å². The number of hydrogen-bond acceptors (Lipinski definition) is 2. The second kappa shape index (κ2) is 3.92. The second-order valence-electron chi connectivity index (χ2n) is 3.65. The normalized spacial score (nSPS) is 12.0. The van der Waals surface area contributed by atoms with E-state index >= 15 is 0 Å². The lowest BCUT2D eigenvalue weighted by molar-refractivity contribution is 0.0119. The number of aliphatic hydroxyl groups is 1. The van der Waals surface area contributed by atoms with Gasteiger partial charge in [-0.3, -0.25) is 4.68 Å². The average Bonchev–Trinajstić information content (AvgIpc) is 2.51. The molecule has 3 nitrogen and oxygen atoms in total. The van der Waals surface area contributed by atoms with E-state index in [4.69, 9.17) is 0 Å². The molecule has 0 aliphatic carbocycles. The third kappa shape index (κ3) is 2.56. The molecular formula is C10H18N2O. The zero-order valence-corrected chi connectivity index (χ0v) is 8.62. The van der Waals surface area contributed by atoms with Crippen LogP contribution in [0.25, 0.3) is 0 Å². The van der Waals surface area contributed by atoms with Crippen molar-refractivity contribution >= 4 is 0 Å². The Labute approximate surface area is 79.4 Å². The van der Waals surface area contributed by atoms with Gasteiger partial charge in [0.2, 0.25) is 0 Å². The minimum Gasteiger partial charge on any atom is -0.388 e. The Bertz CT molecular complexity index is 264. The van der Waals surface area contributed by atoms with Crippen LogP contribution in [0.4, 0.5) is 0 Å². The van der Waals surface area contributed by atoms with Crippen LogP contribution in [0.1, 0.15) is 32.3 Å². The van der Waals surface area contributed by atoms with Crippen molar-refractivity contribution in [2.24, 2.45) is 0 Å². The van der Waals surface area contributed by atoms with Crippen LogP contribution in [0.15, 0.2) is 12.4 Å². The molecule has 0 atom stereocenters. The molecule has 13 heavy (non-hydrogen) atoms. The number of aromatic nitrogens is 2. The predicted molar refractivity (Wildman–Crippen MR) is 52.5 cm³/mol. The summed E-state index contributed by atoms with van der Waals surface area (Å²) in [4.78, 5) is 0. The Morgan fingerprint density at radius 2 is 2.08 bits per heavy atom. The molecular weight excluding hydrogens is 164 g/mol. The third-order valence-electron chi connectivity index (χ3n) is 2.53. The molecule has 3 heteroatoms. The molecule has 1 rings (SSSR count). The fourth-order valence-electron chi connectivity index (χ4n) is 1.33. The van der Waals surface area contributed by atoms with E-state index in [1.807, 2.05) is 37.8 Å². The first kappa shape index (κ1) is 10.3. The largest absolute Gasteiger partial charge is 0.388 e. The Hall–Kier alpha value is -0.830. The molecule has 0 aromatic carbocycles. The van der Waals surface area contributed by atoms with Crippen LogP contribution >= 0.6 is 0 Å². The minimum absolute atomic E-state index is 0.591. The summed E-state index contributed by atoms with van der Waals surface area (Å²) < 4.78 is 1.81. The Kier molecular flexibility index (Phi) is 3.09. The molecule has 0 fully saturated rings. The standard InChI is InChI=1S/C10H18N2O/c1-4-10(13,5-2)8-12-7-9(3)6-11-12/h6-7,13H,4-5,8H2,1-3H3. The van der Waals surface area contributed by atoms with Crippen molar-refractivity contribution in [2.75, 3.05) is 0 Å². The van der Waals surface area contributed by atoms with E-state index < -0.39 is 5.60 Å². The van der Waals surface area contributed by atoms with Crippen molar-refractivity contribution in [2.45, 2.75) is 45.8 Å². The van der Waals surface area contributed by atoms with Crippen molar-refractivity contribution in [1.29, 1.82) is 0 Å². The highest BCUT2D eigenvalue weighted by Gasteiger charge is 2.22. The summed E-state index contributed by atoms with van der Waals surface area (Å²) >= 11 is 0. The van der Waals surface area contributed by atoms with Gasteiger partial charge >= 0.3 is 0 Å². The minimum atomic E-state index is -0.599. The summed E-state index contributed by atoms with van der Waals surface area (Å²) in [7, 11) is 0. The zero-order chi connectivity index (χ0) is 9.90. The maximum Gasteiger partial charge on any atom is 0.0837 e. The summed E-state index contributed by atoms with van der Waals surface area (Å²) in [5, 5.41) is 14.2. The maximum absolute atomic E-state index is 10.0. The lowest BCUT2D eigenvalue weighted by Gasteiger charge is -2.24. The van der Waals surface area contributed by atoms with Gasteiger partial charge in [-0.2, -0.15) is 5.10 Å². The van der Waals surface area contributed by atoms with Crippen LogP contribution in [0.3, 0.4) is 0 Å². The molecule has 0 spiro atoms. The molecule has 1 heterocycles. The highest BCUT2D eigenvalue weighted by molar-refractivity contribution is 4.99. The Morgan fingerprint density at radius 3 is 2.46 bits per heavy atom. The first-order valence-electron chi connectivity index (χ1n) is 4.81. The molecule has 1 aromatic rings. The molecule has 0 saturated carbocycles.